The third-order valence-corrected chi connectivity index (χ3v) is 6.79. The van der Waals surface area contributed by atoms with E-state index in [1.807, 2.05) is 4.90 Å². The van der Waals surface area contributed by atoms with Crippen molar-refractivity contribution in [3.05, 3.63) is 47.1 Å². The molecule has 0 aromatic carbocycles. The van der Waals surface area contributed by atoms with Gasteiger partial charge in [-0.15, -0.1) is 11.3 Å². The lowest BCUT2D eigenvalue weighted by molar-refractivity contribution is 0.0982. The number of pyridine rings is 1. The Morgan fingerprint density at radius 3 is 2.81 bits per heavy atom. The minimum atomic E-state index is -0.606. The number of amides is 1. The van der Waals surface area contributed by atoms with Crippen LogP contribution >= 0.6 is 11.3 Å². The van der Waals surface area contributed by atoms with Crippen LogP contribution < -0.4 is 9.80 Å². The lowest BCUT2D eigenvalue weighted by Crippen LogP contribution is -2.38. The molecule has 5 rings (SSSR count). The molecule has 0 spiro atoms. The largest absolute Gasteiger partial charge is 0.396 e. The van der Waals surface area contributed by atoms with Crippen LogP contribution in [0.25, 0.3) is 10.6 Å². The van der Waals surface area contributed by atoms with Gasteiger partial charge in [-0.2, -0.15) is 4.39 Å². The first-order valence-electron chi connectivity index (χ1n) is 10.3. The fourth-order valence-electron chi connectivity index (χ4n) is 4.05. The summed E-state index contributed by atoms with van der Waals surface area (Å²) >= 11 is 1.17. The van der Waals surface area contributed by atoms with Gasteiger partial charge in [-0.25, -0.2) is 19.9 Å². The van der Waals surface area contributed by atoms with E-state index in [4.69, 9.17) is 0 Å². The van der Waals surface area contributed by atoms with Gasteiger partial charge in [0.05, 0.1) is 11.3 Å². The number of aliphatic hydroxyl groups is 1. The molecule has 3 aromatic rings. The monoisotopic (exact) mass is 440 g/mol. The normalized spacial score (nSPS) is 18.9. The van der Waals surface area contributed by atoms with Crippen LogP contribution in [0, 0.1) is 11.9 Å². The van der Waals surface area contributed by atoms with Gasteiger partial charge in [0, 0.05) is 45.1 Å². The van der Waals surface area contributed by atoms with Gasteiger partial charge < -0.3 is 10.0 Å². The Kier molecular flexibility index (Phi) is 5.33. The van der Waals surface area contributed by atoms with Crippen molar-refractivity contribution in [2.75, 3.05) is 36.0 Å². The average Bonchev–Trinajstić information content (AvgIpc) is 3.25. The van der Waals surface area contributed by atoms with Gasteiger partial charge in [-0.05, 0) is 37.0 Å². The lowest BCUT2D eigenvalue weighted by Gasteiger charge is -2.32. The maximum absolute atomic E-state index is 14.9. The van der Waals surface area contributed by atoms with E-state index in [0.29, 0.717) is 46.9 Å². The van der Waals surface area contributed by atoms with Crippen molar-refractivity contribution in [3.8, 4) is 10.6 Å². The van der Waals surface area contributed by atoms with E-state index in [2.05, 4.69) is 19.9 Å². The van der Waals surface area contributed by atoms with E-state index in [-0.39, 0.29) is 24.0 Å². The van der Waals surface area contributed by atoms with E-state index < -0.39 is 5.95 Å². The second kappa shape index (κ2) is 8.27. The van der Waals surface area contributed by atoms with Crippen molar-refractivity contribution >= 4 is 29.0 Å². The van der Waals surface area contributed by atoms with Crippen LogP contribution in [-0.2, 0) is 6.42 Å². The van der Waals surface area contributed by atoms with Crippen LogP contribution in [0.2, 0.25) is 0 Å². The zero-order valence-electron chi connectivity index (χ0n) is 16.7. The second-order valence-electron chi connectivity index (χ2n) is 7.70. The first-order valence-corrected chi connectivity index (χ1v) is 11.1. The Hall–Kier alpha value is -2.98. The molecule has 1 fully saturated rings. The number of carbonyl (C=O) groups excluding carboxylic acids is 1. The molecule has 1 unspecified atom stereocenters. The topological polar surface area (TPSA) is 95.3 Å². The van der Waals surface area contributed by atoms with Crippen LogP contribution in [0.4, 0.5) is 16.2 Å². The van der Waals surface area contributed by atoms with Crippen molar-refractivity contribution in [3.63, 3.8) is 0 Å². The summed E-state index contributed by atoms with van der Waals surface area (Å²) in [5.74, 6) is 0.277. The van der Waals surface area contributed by atoms with Crippen LogP contribution in [0.1, 0.15) is 28.2 Å². The summed E-state index contributed by atoms with van der Waals surface area (Å²) < 4.78 is 14.9. The van der Waals surface area contributed by atoms with Gasteiger partial charge in [-0.3, -0.25) is 9.69 Å². The molecule has 1 N–H and O–H groups in total. The second-order valence-corrected chi connectivity index (χ2v) is 8.69. The molecule has 31 heavy (non-hydrogen) atoms. The Bertz CT molecular complexity index is 1110. The molecule has 2 aliphatic heterocycles. The van der Waals surface area contributed by atoms with Crippen molar-refractivity contribution in [2.45, 2.75) is 19.3 Å². The van der Waals surface area contributed by atoms with Crippen molar-refractivity contribution in [2.24, 2.45) is 5.92 Å². The number of carbonyl (C=O) groups is 1. The molecule has 2 aliphatic rings. The number of piperidine rings is 1. The molecule has 0 saturated carbocycles. The summed E-state index contributed by atoms with van der Waals surface area (Å²) in [6.45, 7) is 2.01. The Morgan fingerprint density at radius 1 is 1.19 bits per heavy atom. The number of fused-ring (bicyclic) bond motifs is 1. The fourth-order valence-corrected chi connectivity index (χ4v) is 5.12. The molecule has 160 valence electrons. The molecule has 0 aliphatic carbocycles. The van der Waals surface area contributed by atoms with E-state index >= 15 is 0 Å². The smallest absolute Gasteiger partial charge is 0.272 e. The molecule has 0 radical (unpaired) electrons. The lowest BCUT2D eigenvalue weighted by atomic mass is 9.99. The van der Waals surface area contributed by atoms with E-state index in [1.54, 1.807) is 30.6 Å². The van der Waals surface area contributed by atoms with Crippen LogP contribution in [0.5, 0.6) is 0 Å². The SMILES string of the molecule is O=C1c2sc(-c3ccc(N4CCCC(CO)C4)nc3F)nc2CCN1c1ncccn1. The number of halogens is 1. The third-order valence-electron chi connectivity index (χ3n) is 5.67. The highest BCUT2D eigenvalue weighted by atomic mass is 32.1. The fraction of sp³-hybridized carbons (Fsp3) is 0.381. The molecule has 1 amide bonds. The Balaban J connectivity index is 1.40. The van der Waals surface area contributed by atoms with Crippen LogP contribution in [0.3, 0.4) is 0 Å². The first-order chi connectivity index (χ1) is 15.1. The summed E-state index contributed by atoms with van der Waals surface area (Å²) in [6, 6.07) is 5.15. The van der Waals surface area contributed by atoms with Crippen molar-refractivity contribution < 1.29 is 14.3 Å². The predicted molar refractivity (Wildman–Crippen MR) is 115 cm³/mol. The minimum Gasteiger partial charge on any atom is -0.396 e. The summed E-state index contributed by atoms with van der Waals surface area (Å²) in [4.78, 5) is 34.0. The summed E-state index contributed by atoms with van der Waals surface area (Å²) in [7, 11) is 0. The van der Waals surface area contributed by atoms with E-state index in [0.717, 1.165) is 19.4 Å². The summed E-state index contributed by atoms with van der Waals surface area (Å²) in [6.07, 6.45) is 5.66. The number of thiazole rings is 1. The van der Waals surface area contributed by atoms with Gasteiger partial charge in [0.2, 0.25) is 11.9 Å². The Morgan fingerprint density at radius 2 is 2.03 bits per heavy atom. The summed E-state index contributed by atoms with van der Waals surface area (Å²) in [5, 5.41) is 9.87. The van der Waals surface area contributed by atoms with Gasteiger partial charge in [0.15, 0.2) is 0 Å². The average molecular weight is 441 g/mol. The molecular weight excluding hydrogens is 419 g/mol. The number of hydrogen-bond donors (Lipinski definition) is 1. The molecule has 1 atom stereocenters. The Labute approximate surface area is 182 Å². The standard InChI is InChI=1S/C21H21FN6O2S/c22-18-14(4-5-16(26-18)27-9-1-3-13(11-27)12-29)19-25-15-6-10-28(20(30)17(15)31-19)21-23-7-2-8-24-21/h2,4-5,7-8,13,29H,1,3,6,9-12H2. The van der Waals surface area contributed by atoms with Crippen molar-refractivity contribution in [1.82, 2.24) is 19.9 Å². The number of nitrogens with zero attached hydrogens (tertiary/aromatic N) is 6. The number of rotatable bonds is 4. The molecule has 8 nitrogen and oxygen atoms in total. The van der Waals surface area contributed by atoms with E-state index in [1.165, 1.54) is 16.2 Å². The quantitative estimate of drug-likeness (QED) is 0.623. The van der Waals surface area contributed by atoms with Gasteiger partial charge in [0.1, 0.15) is 15.7 Å². The highest BCUT2D eigenvalue weighted by Gasteiger charge is 2.31. The minimum absolute atomic E-state index is 0.126. The number of aromatic nitrogens is 4. The summed E-state index contributed by atoms with van der Waals surface area (Å²) in [5.41, 5.74) is 0.955. The van der Waals surface area contributed by atoms with Crippen LogP contribution in [-0.4, -0.2) is 57.2 Å². The van der Waals surface area contributed by atoms with Crippen molar-refractivity contribution in [1.29, 1.82) is 0 Å². The maximum atomic E-state index is 14.9. The molecule has 5 heterocycles. The van der Waals surface area contributed by atoms with E-state index in [9.17, 15) is 14.3 Å². The highest BCUT2D eigenvalue weighted by molar-refractivity contribution is 7.17. The molecular formula is C21H21FN6O2S. The zero-order chi connectivity index (χ0) is 21.4. The van der Waals surface area contributed by atoms with Gasteiger partial charge in [0.25, 0.3) is 5.91 Å². The van der Waals surface area contributed by atoms with Gasteiger partial charge in [-0.1, -0.05) is 0 Å². The number of hydrogen-bond acceptors (Lipinski definition) is 8. The number of anilines is 2. The third kappa shape index (κ3) is 3.77. The highest BCUT2D eigenvalue weighted by Crippen LogP contribution is 2.34. The van der Waals surface area contributed by atoms with Crippen LogP contribution in [0.15, 0.2) is 30.6 Å². The van der Waals surface area contributed by atoms with Gasteiger partial charge >= 0.3 is 0 Å². The maximum Gasteiger partial charge on any atom is 0.272 e. The molecule has 10 heteroatoms. The molecule has 1 saturated heterocycles. The molecule has 3 aromatic heterocycles. The molecule has 0 bridgehead atoms. The number of aliphatic hydroxyl groups excluding tert-OH is 1. The zero-order valence-corrected chi connectivity index (χ0v) is 17.6. The predicted octanol–water partition coefficient (Wildman–Crippen LogP) is 2.55. The first kappa shape index (κ1) is 20.0.